The maximum Gasteiger partial charge on any atom is 0.563 e. The van der Waals surface area contributed by atoms with Crippen molar-refractivity contribution in [2.75, 3.05) is 6.54 Å². The van der Waals surface area contributed by atoms with Gasteiger partial charge in [-0.15, -0.1) is 0 Å². The van der Waals surface area contributed by atoms with Crippen molar-refractivity contribution in [3.05, 3.63) is 48.6 Å². The first-order chi connectivity index (χ1) is 14.9. The summed E-state index contributed by atoms with van der Waals surface area (Å²) in [5, 5.41) is 10.2. The van der Waals surface area contributed by atoms with Gasteiger partial charge in [0.25, 0.3) is 0 Å². The van der Waals surface area contributed by atoms with Crippen LogP contribution >= 0.6 is 0 Å². The molecule has 2 saturated heterocycles. The summed E-state index contributed by atoms with van der Waals surface area (Å²) < 4.78 is 17.2. The molecule has 32 heavy (non-hydrogen) atoms. The zero-order valence-electron chi connectivity index (χ0n) is 19.2. The highest BCUT2D eigenvalue weighted by atomic mass is 16.7. The molecule has 0 saturated carbocycles. The average Bonchev–Trinajstić information content (AvgIpc) is 3.38. The number of aliphatic hydroxyl groups excluding tert-OH is 1. The van der Waals surface area contributed by atoms with E-state index in [0.29, 0.717) is 18.0 Å². The van der Waals surface area contributed by atoms with Crippen molar-refractivity contribution in [2.24, 2.45) is 0 Å². The Labute approximate surface area is 188 Å². The summed E-state index contributed by atoms with van der Waals surface area (Å²) in [6.45, 7) is 13.4. The van der Waals surface area contributed by atoms with E-state index in [1.807, 2.05) is 58.9 Å². The van der Waals surface area contributed by atoms with Crippen molar-refractivity contribution < 1.29 is 23.9 Å². The van der Waals surface area contributed by atoms with Crippen molar-refractivity contribution in [2.45, 2.75) is 64.4 Å². The van der Waals surface area contributed by atoms with Gasteiger partial charge in [0.05, 0.1) is 36.3 Å². The molecule has 0 unspecified atom stereocenters. The number of aromatic amines is 1. The first kappa shape index (κ1) is 22.4. The average molecular weight is 439 g/mol. The number of hydrogen-bond donors (Lipinski definition) is 2. The summed E-state index contributed by atoms with van der Waals surface area (Å²) in [6, 6.07) is 7.44. The Morgan fingerprint density at radius 3 is 2.62 bits per heavy atom. The normalized spacial score (nSPS) is 22.9. The lowest BCUT2D eigenvalue weighted by molar-refractivity contribution is 0.0201. The van der Waals surface area contributed by atoms with E-state index in [0.717, 1.165) is 16.7 Å². The number of nitrogens with one attached hydrogen (secondary N) is 1. The van der Waals surface area contributed by atoms with Crippen molar-refractivity contribution in [3.63, 3.8) is 0 Å². The van der Waals surface area contributed by atoms with Gasteiger partial charge in [-0.2, -0.15) is 0 Å². The zero-order chi connectivity index (χ0) is 23.3. The minimum absolute atomic E-state index is 0.216. The molecule has 2 atom stereocenters. The van der Waals surface area contributed by atoms with E-state index in [2.05, 4.69) is 16.5 Å². The number of likely N-dealkylation sites (tertiary alicyclic amines) is 1. The molecule has 170 valence electrons. The van der Waals surface area contributed by atoms with Crippen molar-refractivity contribution in [1.29, 1.82) is 0 Å². The van der Waals surface area contributed by atoms with Gasteiger partial charge in [-0.1, -0.05) is 30.8 Å². The van der Waals surface area contributed by atoms with E-state index in [4.69, 9.17) is 14.0 Å². The van der Waals surface area contributed by atoms with Crippen LogP contribution in [0.15, 0.2) is 42.8 Å². The minimum Gasteiger partial charge on any atom is -0.534 e. The summed E-state index contributed by atoms with van der Waals surface area (Å²) in [7, 11) is -0.480. The molecule has 2 N–H and O–H groups in total. The molecule has 2 aromatic rings. The summed E-state index contributed by atoms with van der Waals surface area (Å²) in [5.41, 5.74) is 1.52. The second kappa shape index (κ2) is 7.97. The molecule has 0 bridgehead atoms. The number of H-pyrrole nitrogens is 1. The van der Waals surface area contributed by atoms with Gasteiger partial charge in [0.2, 0.25) is 0 Å². The van der Waals surface area contributed by atoms with Gasteiger partial charge in [0.1, 0.15) is 17.0 Å². The highest BCUT2D eigenvalue weighted by Crippen LogP contribution is 2.33. The van der Waals surface area contributed by atoms with Crippen LogP contribution in [0.1, 0.15) is 52.9 Å². The van der Waals surface area contributed by atoms with Gasteiger partial charge in [-0.25, -0.2) is 9.78 Å². The minimum atomic E-state index is -0.620. The third-order valence-corrected chi connectivity index (χ3v) is 5.63. The molecule has 2 aliphatic rings. The molecule has 3 heterocycles. The standard InChI is InChI=1S/C23H30BN3O5/c1-14-23(5,6)32-24(31-14)16-9-7-15(8-10-16)18-12-25-20(26-18)19-11-17(28)13-27(19)21(29)30-22(2,3)4/h7-10,12,17,19,28H,1,11,13H2,2-6H3,(H,25,26)/t17-,19-/m0/s1. The molecule has 0 spiro atoms. The number of carbonyl (C=O) groups is 1. The summed E-state index contributed by atoms with van der Waals surface area (Å²) in [5.74, 6) is 1.23. The number of aromatic nitrogens is 2. The van der Waals surface area contributed by atoms with Crippen LogP contribution in [-0.4, -0.2) is 57.0 Å². The lowest BCUT2D eigenvalue weighted by Crippen LogP contribution is -2.37. The smallest absolute Gasteiger partial charge is 0.534 e. The molecule has 0 radical (unpaired) electrons. The lowest BCUT2D eigenvalue weighted by atomic mass is 9.79. The molecule has 0 aliphatic carbocycles. The largest absolute Gasteiger partial charge is 0.563 e. The topological polar surface area (TPSA) is 96.9 Å². The third kappa shape index (κ3) is 4.54. The monoisotopic (exact) mass is 439 g/mol. The first-order valence-electron chi connectivity index (χ1n) is 10.8. The number of rotatable bonds is 3. The fourth-order valence-corrected chi connectivity index (χ4v) is 3.83. The number of aliphatic hydroxyl groups is 1. The SMILES string of the molecule is C=C1OB(c2ccc(-c3cnc([C@@H]4C[C@H](O)CN4C(=O)OC(C)(C)C)[nH]3)cc2)OC1(C)C. The molecule has 2 fully saturated rings. The van der Waals surface area contributed by atoms with Crippen LogP contribution in [0.2, 0.25) is 0 Å². The molecule has 1 aromatic carbocycles. The molecule has 1 aromatic heterocycles. The maximum atomic E-state index is 12.6. The van der Waals surface area contributed by atoms with Gasteiger partial charge in [0.15, 0.2) is 0 Å². The first-order valence-corrected chi connectivity index (χ1v) is 10.8. The number of hydrogen-bond acceptors (Lipinski definition) is 6. The number of carbonyl (C=O) groups excluding carboxylic acids is 1. The van der Waals surface area contributed by atoms with Gasteiger partial charge in [-0.05, 0) is 45.6 Å². The highest BCUT2D eigenvalue weighted by Gasteiger charge is 2.43. The number of ether oxygens (including phenoxy) is 1. The molecule has 2 aliphatic heterocycles. The van der Waals surface area contributed by atoms with Gasteiger partial charge in [-0.3, -0.25) is 4.90 Å². The Morgan fingerprint density at radius 2 is 2.03 bits per heavy atom. The van der Waals surface area contributed by atoms with Crippen molar-refractivity contribution in [1.82, 2.24) is 14.9 Å². The Bertz CT molecular complexity index is 1010. The van der Waals surface area contributed by atoms with E-state index in [9.17, 15) is 9.90 Å². The predicted octanol–water partition coefficient (Wildman–Crippen LogP) is 3.15. The highest BCUT2D eigenvalue weighted by molar-refractivity contribution is 6.62. The fraction of sp³-hybridized carbons (Fsp3) is 0.478. The summed E-state index contributed by atoms with van der Waals surface area (Å²) in [4.78, 5) is 21.9. The van der Waals surface area contributed by atoms with E-state index in [-0.39, 0.29) is 12.6 Å². The molecular formula is C23H30BN3O5. The molecule has 1 amide bonds. The van der Waals surface area contributed by atoms with Crippen LogP contribution in [0.5, 0.6) is 0 Å². The second-order valence-electron chi connectivity index (χ2n) is 9.84. The zero-order valence-corrected chi connectivity index (χ0v) is 19.2. The van der Waals surface area contributed by atoms with E-state index < -0.39 is 30.5 Å². The van der Waals surface area contributed by atoms with Crippen LogP contribution in [0.4, 0.5) is 4.79 Å². The van der Waals surface area contributed by atoms with Crippen LogP contribution in [-0.2, 0) is 14.0 Å². The van der Waals surface area contributed by atoms with Crippen LogP contribution < -0.4 is 5.46 Å². The second-order valence-corrected chi connectivity index (χ2v) is 9.84. The van der Waals surface area contributed by atoms with Crippen LogP contribution in [0.25, 0.3) is 11.3 Å². The van der Waals surface area contributed by atoms with E-state index in [1.165, 1.54) is 4.90 Å². The Kier molecular flexibility index (Phi) is 5.59. The lowest BCUT2D eigenvalue weighted by Gasteiger charge is -2.27. The summed E-state index contributed by atoms with van der Waals surface area (Å²) >= 11 is 0. The van der Waals surface area contributed by atoms with Crippen molar-refractivity contribution >= 4 is 18.7 Å². The third-order valence-electron chi connectivity index (χ3n) is 5.63. The summed E-state index contributed by atoms with van der Waals surface area (Å²) in [6.07, 6.45) is 1.06. The van der Waals surface area contributed by atoms with Gasteiger partial charge >= 0.3 is 13.2 Å². The number of benzene rings is 1. The number of nitrogens with zero attached hydrogens (tertiary/aromatic N) is 2. The Balaban J connectivity index is 1.50. The number of amides is 1. The fourth-order valence-electron chi connectivity index (χ4n) is 3.83. The molecule has 8 nitrogen and oxygen atoms in total. The van der Waals surface area contributed by atoms with Crippen LogP contribution in [0, 0.1) is 0 Å². The predicted molar refractivity (Wildman–Crippen MR) is 121 cm³/mol. The van der Waals surface area contributed by atoms with E-state index in [1.54, 1.807) is 6.20 Å². The van der Waals surface area contributed by atoms with Gasteiger partial charge in [0, 0.05) is 6.42 Å². The Hall–Kier alpha value is -2.78. The number of β-amino-alcohol motifs (C(OH)–C–C–N with tert-alkyl or cyclic N) is 1. The van der Waals surface area contributed by atoms with Crippen molar-refractivity contribution in [3.8, 4) is 11.3 Å². The van der Waals surface area contributed by atoms with Gasteiger partial charge < -0.3 is 24.1 Å². The molecule has 9 heteroatoms. The number of imidazole rings is 1. The quantitative estimate of drug-likeness (QED) is 0.714. The van der Waals surface area contributed by atoms with Crippen LogP contribution in [0.3, 0.4) is 0 Å². The van der Waals surface area contributed by atoms with E-state index >= 15 is 0 Å². The molecular weight excluding hydrogens is 409 g/mol. The maximum absolute atomic E-state index is 12.6. The Morgan fingerprint density at radius 1 is 1.34 bits per heavy atom. The molecule has 4 rings (SSSR count).